The smallest absolute Gasteiger partial charge is 0.292 e. The Morgan fingerprint density at radius 1 is 1.04 bits per heavy atom. The van der Waals surface area contributed by atoms with E-state index in [9.17, 15) is 4.79 Å². The monoisotopic (exact) mass is 340 g/mol. The van der Waals surface area contributed by atoms with Gasteiger partial charge in [0, 0.05) is 44.5 Å². The molecule has 1 saturated heterocycles. The third-order valence-electron chi connectivity index (χ3n) is 5.31. The second-order valence-electron chi connectivity index (χ2n) is 6.91. The minimum atomic E-state index is -0.0667. The van der Waals surface area contributed by atoms with Crippen LogP contribution in [0.3, 0.4) is 0 Å². The van der Waals surface area contributed by atoms with Crippen LogP contribution in [-0.2, 0) is 0 Å². The molecule has 1 saturated carbocycles. The van der Waals surface area contributed by atoms with Crippen molar-refractivity contribution in [3.8, 4) is 11.4 Å². The van der Waals surface area contributed by atoms with Crippen LogP contribution in [0, 0.1) is 0 Å². The van der Waals surface area contributed by atoms with Crippen LogP contribution in [0.25, 0.3) is 11.4 Å². The molecule has 1 amide bonds. The number of pyridine rings is 1. The van der Waals surface area contributed by atoms with Gasteiger partial charge in [0.05, 0.1) is 5.69 Å². The second-order valence-corrected chi connectivity index (χ2v) is 6.91. The average molecular weight is 340 g/mol. The van der Waals surface area contributed by atoms with Gasteiger partial charge in [0.2, 0.25) is 5.76 Å². The Morgan fingerprint density at radius 2 is 1.92 bits per heavy atom. The van der Waals surface area contributed by atoms with Crippen molar-refractivity contribution in [2.75, 3.05) is 26.2 Å². The van der Waals surface area contributed by atoms with Crippen LogP contribution < -0.4 is 0 Å². The molecule has 0 atom stereocenters. The fourth-order valence-electron chi connectivity index (χ4n) is 3.94. The van der Waals surface area contributed by atoms with Crippen molar-refractivity contribution < 1.29 is 9.32 Å². The lowest BCUT2D eigenvalue weighted by molar-refractivity contribution is 0.0716. The maximum absolute atomic E-state index is 12.8. The maximum Gasteiger partial charge on any atom is 0.292 e. The van der Waals surface area contributed by atoms with Gasteiger partial charge in [-0.15, -0.1) is 0 Å². The van der Waals surface area contributed by atoms with E-state index in [4.69, 9.17) is 4.52 Å². The first-order valence-corrected chi connectivity index (χ1v) is 9.23. The van der Waals surface area contributed by atoms with Crippen LogP contribution in [-0.4, -0.2) is 58.1 Å². The summed E-state index contributed by atoms with van der Waals surface area (Å²) in [5.74, 6) is 0.234. The van der Waals surface area contributed by atoms with Crippen LogP contribution in [0.5, 0.6) is 0 Å². The van der Waals surface area contributed by atoms with Gasteiger partial charge in [-0.1, -0.05) is 24.1 Å². The summed E-state index contributed by atoms with van der Waals surface area (Å²) < 4.78 is 5.31. The van der Waals surface area contributed by atoms with Gasteiger partial charge in [0.1, 0.15) is 5.69 Å². The lowest BCUT2D eigenvalue weighted by Gasteiger charge is -2.27. The lowest BCUT2D eigenvalue weighted by Crippen LogP contribution is -2.38. The normalized spacial score (nSPS) is 19.9. The van der Waals surface area contributed by atoms with Gasteiger partial charge in [-0.05, 0) is 31.4 Å². The largest absolute Gasteiger partial charge is 0.350 e. The molecule has 0 bridgehead atoms. The number of hydrogen-bond donors (Lipinski definition) is 0. The average Bonchev–Trinajstić information content (AvgIpc) is 3.30. The fourth-order valence-corrected chi connectivity index (χ4v) is 3.94. The molecule has 2 fully saturated rings. The van der Waals surface area contributed by atoms with Crippen molar-refractivity contribution in [1.82, 2.24) is 19.9 Å². The van der Waals surface area contributed by atoms with Crippen molar-refractivity contribution in [2.24, 2.45) is 0 Å². The highest BCUT2D eigenvalue weighted by Gasteiger charge is 2.28. The van der Waals surface area contributed by atoms with Crippen molar-refractivity contribution in [1.29, 1.82) is 0 Å². The van der Waals surface area contributed by atoms with E-state index >= 15 is 0 Å². The summed E-state index contributed by atoms with van der Waals surface area (Å²) in [5.41, 5.74) is 1.32. The van der Waals surface area contributed by atoms with E-state index < -0.39 is 0 Å². The molecule has 2 aliphatic rings. The zero-order valence-corrected chi connectivity index (χ0v) is 14.4. The van der Waals surface area contributed by atoms with E-state index in [1.54, 1.807) is 12.3 Å². The zero-order valence-electron chi connectivity index (χ0n) is 14.4. The van der Waals surface area contributed by atoms with Crippen molar-refractivity contribution in [3.05, 3.63) is 36.2 Å². The van der Waals surface area contributed by atoms with E-state index in [1.165, 1.54) is 25.7 Å². The maximum atomic E-state index is 12.8. The summed E-state index contributed by atoms with van der Waals surface area (Å²) in [6.07, 6.45) is 8.03. The van der Waals surface area contributed by atoms with Crippen LogP contribution >= 0.6 is 0 Å². The summed E-state index contributed by atoms with van der Waals surface area (Å²) in [6, 6.07) is 8.02. The van der Waals surface area contributed by atoms with Gasteiger partial charge in [0.25, 0.3) is 5.91 Å². The number of carbonyl (C=O) groups excluding carboxylic acids is 1. The number of nitrogens with zero attached hydrogens (tertiary/aromatic N) is 4. The molecular weight excluding hydrogens is 316 g/mol. The molecule has 2 aromatic rings. The summed E-state index contributed by atoms with van der Waals surface area (Å²) in [4.78, 5) is 21.5. The van der Waals surface area contributed by atoms with Gasteiger partial charge >= 0.3 is 0 Å². The summed E-state index contributed by atoms with van der Waals surface area (Å²) >= 11 is 0. The minimum absolute atomic E-state index is 0.0667. The number of aromatic nitrogens is 2. The third kappa shape index (κ3) is 3.58. The molecule has 0 spiro atoms. The lowest BCUT2D eigenvalue weighted by atomic mass is 10.2. The Bertz CT molecular complexity index is 709. The van der Waals surface area contributed by atoms with Gasteiger partial charge in [-0.2, -0.15) is 0 Å². The first-order chi connectivity index (χ1) is 12.3. The molecule has 0 aromatic carbocycles. The number of amides is 1. The first kappa shape index (κ1) is 16.3. The van der Waals surface area contributed by atoms with Crippen molar-refractivity contribution in [2.45, 2.75) is 38.1 Å². The van der Waals surface area contributed by atoms with E-state index in [2.05, 4.69) is 15.0 Å². The minimum Gasteiger partial charge on any atom is -0.350 e. The SMILES string of the molecule is O=C(c1cc(-c2ccccn2)no1)N1CCCN(C2CCCC2)CC1. The molecule has 6 heteroatoms. The zero-order chi connectivity index (χ0) is 17.1. The summed E-state index contributed by atoms with van der Waals surface area (Å²) in [7, 11) is 0. The van der Waals surface area contributed by atoms with Crippen LogP contribution in [0.2, 0.25) is 0 Å². The Kier molecular flexibility index (Phi) is 4.78. The van der Waals surface area contributed by atoms with Gasteiger partial charge < -0.3 is 9.42 Å². The standard InChI is InChI=1S/C19H24N4O2/c24-19(18-14-17(21-25-18)16-8-3-4-9-20-16)23-11-5-10-22(12-13-23)15-6-1-2-7-15/h3-4,8-9,14-15H,1-2,5-7,10-13H2. The molecule has 1 aliphatic carbocycles. The van der Waals surface area contributed by atoms with Crippen molar-refractivity contribution in [3.63, 3.8) is 0 Å². The molecule has 4 rings (SSSR count). The molecule has 0 radical (unpaired) electrons. The molecule has 25 heavy (non-hydrogen) atoms. The highest BCUT2D eigenvalue weighted by Crippen LogP contribution is 2.25. The predicted molar refractivity (Wildman–Crippen MR) is 94.1 cm³/mol. The molecular formula is C19H24N4O2. The van der Waals surface area contributed by atoms with Gasteiger partial charge in [0.15, 0.2) is 0 Å². The number of hydrogen-bond acceptors (Lipinski definition) is 5. The molecule has 3 heterocycles. The number of carbonyl (C=O) groups is 1. The second kappa shape index (κ2) is 7.35. The van der Waals surface area contributed by atoms with E-state index in [0.29, 0.717) is 17.1 Å². The molecule has 1 aliphatic heterocycles. The van der Waals surface area contributed by atoms with E-state index in [1.807, 2.05) is 23.1 Å². The Labute approximate surface area is 147 Å². The quantitative estimate of drug-likeness (QED) is 0.860. The molecule has 132 valence electrons. The van der Waals surface area contributed by atoms with Gasteiger partial charge in [-0.25, -0.2) is 0 Å². The molecule has 0 N–H and O–H groups in total. The topological polar surface area (TPSA) is 62.5 Å². The predicted octanol–water partition coefficient (Wildman–Crippen LogP) is 2.83. The molecule has 2 aromatic heterocycles. The van der Waals surface area contributed by atoms with Gasteiger partial charge in [-0.3, -0.25) is 14.7 Å². The number of rotatable bonds is 3. The van der Waals surface area contributed by atoms with E-state index in [0.717, 1.165) is 38.6 Å². The summed E-state index contributed by atoms with van der Waals surface area (Å²) in [5, 5.41) is 4.01. The Hall–Kier alpha value is -2.21. The van der Waals surface area contributed by atoms with Crippen LogP contribution in [0.15, 0.2) is 35.0 Å². The third-order valence-corrected chi connectivity index (χ3v) is 5.31. The highest BCUT2D eigenvalue weighted by molar-refractivity contribution is 5.92. The van der Waals surface area contributed by atoms with Crippen molar-refractivity contribution >= 4 is 5.91 Å². The molecule has 6 nitrogen and oxygen atoms in total. The Balaban J connectivity index is 1.42. The summed E-state index contributed by atoms with van der Waals surface area (Å²) in [6.45, 7) is 3.58. The van der Waals surface area contributed by atoms with Crippen LogP contribution in [0.1, 0.15) is 42.7 Å². The first-order valence-electron chi connectivity index (χ1n) is 9.23. The van der Waals surface area contributed by atoms with Crippen LogP contribution in [0.4, 0.5) is 0 Å². The molecule has 0 unspecified atom stereocenters. The Morgan fingerprint density at radius 3 is 2.72 bits per heavy atom. The highest BCUT2D eigenvalue weighted by atomic mass is 16.5. The fraction of sp³-hybridized carbons (Fsp3) is 0.526. The van der Waals surface area contributed by atoms with E-state index in [-0.39, 0.29) is 5.91 Å².